The molecule has 0 aliphatic carbocycles. The van der Waals surface area contributed by atoms with Crippen LogP contribution in [-0.2, 0) is 13.0 Å². The van der Waals surface area contributed by atoms with E-state index in [0.29, 0.717) is 24.6 Å². The molecule has 0 unspecified atom stereocenters. The summed E-state index contributed by atoms with van der Waals surface area (Å²) in [5.41, 5.74) is 3.29. The Morgan fingerprint density at radius 1 is 1.00 bits per heavy atom. The van der Waals surface area contributed by atoms with E-state index in [9.17, 15) is 4.79 Å². The Bertz CT molecular complexity index is 747. The number of ether oxygens (including phenoxy) is 1. The molecule has 2 aromatic rings. The average molecular weight is 395 g/mol. The molecule has 3 rings (SSSR count). The highest BCUT2D eigenvalue weighted by Crippen LogP contribution is 2.15. The first kappa shape index (κ1) is 21.4. The molecule has 0 atom stereocenters. The fourth-order valence-electron chi connectivity index (χ4n) is 3.55. The van der Waals surface area contributed by atoms with E-state index in [1.807, 2.05) is 24.3 Å². The van der Waals surface area contributed by atoms with Crippen molar-refractivity contribution in [1.29, 1.82) is 0 Å². The van der Waals surface area contributed by atoms with Crippen LogP contribution in [0.25, 0.3) is 0 Å². The number of nitrogens with zero attached hydrogens (tertiary/aromatic N) is 1. The molecule has 0 saturated carbocycles. The first-order valence-corrected chi connectivity index (χ1v) is 10.9. The summed E-state index contributed by atoms with van der Waals surface area (Å²) in [6, 6.07) is 16.2. The second-order valence-corrected chi connectivity index (χ2v) is 8.36. The Kier molecular flexibility index (Phi) is 8.12. The summed E-state index contributed by atoms with van der Waals surface area (Å²) in [5, 5.41) is 3.01. The van der Waals surface area contributed by atoms with Gasteiger partial charge in [0.05, 0.1) is 6.61 Å². The molecule has 1 saturated heterocycles. The zero-order valence-corrected chi connectivity index (χ0v) is 17.8. The summed E-state index contributed by atoms with van der Waals surface area (Å²) >= 11 is 0. The average Bonchev–Trinajstić information content (AvgIpc) is 3.22. The maximum absolute atomic E-state index is 12.3. The van der Waals surface area contributed by atoms with E-state index in [1.165, 1.54) is 37.1 Å². The van der Waals surface area contributed by atoms with Gasteiger partial charge in [0.2, 0.25) is 0 Å². The van der Waals surface area contributed by atoms with Gasteiger partial charge in [0.1, 0.15) is 5.75 Å². The molecule has 0 aromatic heterocycles. The van der Waals surface area contributed by atoms with Gasteiger partial charge in [0, 0.05) is 18.7 Å². The van der Waals surface area contributed by atoms with Crippen LogP contribution in [0.3, 0.4) is 0 Å². The molecule has 29 heavy (non-hydrogen) atoms. The third-order valence-electron chi connectivity index (χ3n) is 5.41. The Hall–Kier alpha value is -2.33. The summed E-state index contributed by atoms with van der Waals surface area (Å²) < 4.78 is 5.71. The minimum Gasteiger partial charge on any atom is -0.494 e. The smallest absolute Gasteiger partial charge is 0.251 e. The van der Waals surface area contributed by atoms with Crippen LogP contribution in [0, 0.1) is 5.92 Å². The summed E-state index contributed by atoms with van der Waals surface area (Å²) in [6.07, 6.45) is 4.52. The van der Waals surface area contributed by atoms with E-state index in [-0.39, 0.29) is 5.91 Å². The van der Waals surface area contributed by atoms with Gasteiger partial charge in [0.15, 0.2) is 0 Å². The summed E-state index contributed by atoms with van der Waals surface area (Å²) in [4.78, 5) is 14.8. The van der Waals surface area contributed by atoms with Crippen LogP contribution < -0.4 is 10.1 Å². The van der Waals surface area contributed by atoms with Crippen molar-refractivity contribution in [2.45, 2.75) is 46.1 Å². The maximum atomic E-state index is 12.3. The standard InChI is InChI=1S/C25H34N2O2/c1-20(2)14-18-29-24-11-9-23(10-12-24)25(28)26-15-13-21-5-7-22(8-6-21)19-27-16-3-4-17-27/h5-12,20H,3-4,13-19H2,1-2H3,(H,26,28). The molecule has 4 heteroatoms. The second-order valence-electron chi connectivity index (χ2n) is 8.36. The largest absolute Gasteiger partial charge is 0.494 e. The Morgan fingerprint density at radius 2 is 1.66 bits per heavy atom. The SMILES string of the molecule is CC(C)CCOc1ccc(C(=O)NCCc2ccc(CN3CCCC3)cc2)cc1. The van der Waals surface area contributed by atoms with E-state index in [1.54, 1.807) is 0 Å². The number of rotatable bonds is 10. The summed E-state index contributed by atoms with van der Waals surface area (Å²) in [7, 11) is 0. The van der Waals surface area contributed by atoms with Gasteiger partial charge in [-0.15, -0.1) is 0 Å². The first-order chi connectivity index (χ1) is 14.1. The molecular weight excluding hydrogens is 360 g/mol. The number of amides is 1. The summed E-state index contributed by atoms with van der Waals surface area (Å²) in [6.45, 7) is 9.20. The van der Waals surface area contributed by atoms with Gasteiger partial charge in [-0.3, -0.25) is 9.69 Å². The fourth-order valence-corrected chi connectivity index (χ4v) is 3.55. The van der Waals surface area contributed by atoms with Crippen molar-refractivity contribution in [1.82, 2.24) is 10.2 Å². The number of carbonyl (C=O) groups is 1. The van der Waals surface area contributed by atoms with Crippen LogP contribution in [-0.4, -0.2) is 37.0 Å². The van der Waals surface area contributed by atoms with E-state index in [4.69, 9.17) is 4.74 Å². The molecule has 1 aliphatic rings. The molecule has 1 amide bonds. The Morgan fingerprint density at radius 3 is 2.31 bits per heavy atom. The predicted octanol–water partition coefficient (Wildman–Crippen LogP) is 4.68. The van der Waals surface area contributed by atoms with Crippen molar-refractivity contribution >= 4 is 5.91 Å². The van der Waals surface area contributed by atoms with Crippen LogP contribution in [0.2, 0.25) is 0 Å². The highest BCUT2D eigenvalue weighted by Gasteiger charge is 2.11. The van der Waals surface area contributed by atoms with Crippen LogP contribution >= 0.6 is 0 Å². The van der Waals surface area contributed by atoms with Gasteiger partial charge in [-0.25, -0.2) is 0 Å². The fraction of sp³-hybridized carbons (Fsp3) is 0.480. The van der Waals surface area contributed by atoms with Gasteiger partial charge in [0.25, 0.3) is 5.91 Å². The molecule has 0 radical (unpaired) electrons. The van der Waals surface area contributed by atoms with Crippen LogP contribution in [0.15, 0.2) is 48.5 Å². The monoisotopic (exact) mass is 394 g/mol. The van der Waals surface area contributed by atoms with E-state index >= 15 is 0 Å². The van der Waals surface area contributed by atoms with Gasteiger partial charge < -0.3 is 10.1 Å². The molecule has 156 valence electrons. The Balaban J connectivity index is 1.38. The lowest BCUT2D eigenvalue weighted by Gasteiger charge is -2.14. The van der Waals surface area contributed by atoms with Crippen LogP contribution in [0.1, 0.15) is 54.6 Å². The number of carbonyl (C=O) groups excluding carboxylic acids is 1. The minimum atomic E-state index is -0.0376. The zero-order valence-electron chi connectivity index (χ0n) is 17.8. The maximum Gasteiger partial charge on any atom is 0.251 e. The molecule has 1 fully saturated rings. The molecule has 1 N–H and O–H groups in total. The van der Waals surface area contributed by atoms with E-state index in [0.717, 1.165) is 25.1 Å². The lowest BCUT2D eigenvalue weighted by Crippen LogP contribution is -2.25. The lowest BCUT2D eigenvalue weighted by atomic mass is 10.1. The number of hydrogen-bond acceptors (Lipinski definition) is 3. The number of hydrogen-bond donors (Lipinski definition) is 1. The minimum absolute atomic E-state index is 0.0376. The number of likely N-dealkylation sites (tertiary alicyclic amines) is 1. The normalized spacial score (nSPS) is 14.3. The van der Waals surface area contributed by atoms with Crippen molar-refractivity contribution in [3.63, 3.8) is 0 Å². The molecule has 1 heterocycles. The molecular formula is C25H34N2O2. The van der Waals surface area contributed by atoms with Crippen molar-refractivity contribution in [3.05, 3.63) is 65.2 Å². The number of nitrogens with one attached hydrogen (secondary N) is 1. The third kappa shape index (κ3) is 7.21. The predicted molar refractivity (Wildman–Crippen MR) is 118 cm³/mol. The Labute approximate surface area is 175 Å². The van der Waals surface area contributed by atoms with Crippen LogP contribution in [0.4, 0.5) is 0 Å². The van der Waals surface area contributed by atoms with Gasteiger partial charge in [-0.2, -0.15) is 0 Å². The summed E-state index contributed by atoms with van der Waals surface area (Å²) in [5.74, 6) is 1.40. The molecule has 0 spiro atoms. The molecule has 4 nitrogen and oxygen atoms in total. The highest BCUT2D eigenvalue weighted by molar-refractivity contribution is 5.94. The van der Waals surface area contributed by atoms with Gasteiger partial charge in [-0.1, -0.05) is 38.1 Å². The third-order valence-corrected chi connectivity index (χ3v) is 5.41. The zero-order chi connectivity index (χ0) is 20.5. The van der Waals surface area contributed by atoms with Gasteiger partial charge >= 0.3 is 0 Å². The van der Waals surface area contributed by atoms with Crippen molar-refractivity contribution in [2.24, 2.45) is 5.92 Å². The topological polar surface area (TPSA) is 41.6 Å². The highest BCUT2D eigenvalue weighted by atomic mass is 16.5. The lowest BCUT2D eigenvalue weighted by molar-refractivity contribution is 0.0954. The molecule has 0 bridgehead atoms. The van der Waals surface area contributed by atoms with Crippen molar-refractivity contribution < 1.29 is 9.53 Å². The second kappa shape index (κ2) is 11.0. The van der Waals surface area contributed by atoms with E-state index in [2.05, 4.69) is 48.3 Å². The van der Waals surface area contributed by atoms with Crippen molar-refractivity contribution in [2.75, 3.05) is 26.2 Å². The van der Waals surface area contributed by atoms with Gasteiger partial charge in [-0.05, 0) is 80.1 Å². The first-order valence-electron chi connectivity index (χ1n) is 10.9. The van der Waals surface area contributed by atoms with E-state index < -0.39 is 0 Å². The molecule has 2 aromatic carbocycles. The number of benzene rings is 2. The van der Waals surface area contributed by atoms with Crippen molar-refractivity contribution in [3.8, 4) is 5.75 Å². The van der Waals surface area contributed by atoms with Crippen LogP contribution in [0.5, 0.6) is 5.75 Å². The molecule has 1 aliphatic heterocycles. The quantitative estimate of drug-likeness (QED) is 0.636.